The van der Waals surface area contributed by atoms with E-state index in [0.717, 1.165) is 6.42 Å². The van der Waals surface area contributed by atoms with Gasteiger partial charge in [-0.05, 0) is 6.42 Å². The molecule has 1 atom stereocenters. The summed E-state index contributed by atoms with van der Waals surface area (Å²) in [5, 5.41) is 11.6. The summed E-state index contributed by atoms with van der Waals surface area (Å²) < 4.78 is 4.95. The van der Waals surface area contributed by atoms with E-state index in [1.54, 1.807) is 0 Å². The smallest absolute Gasteiger partial charge is 0.243 e. The van der Waals surface area contributed by atoms with Gasteiger partial charge in [0.2, 0.25) is 5.91 Å². The molecule has 0 aromatic rings. The van der Waals surface area contributed by atoms with Gasteiger partial charge in [-0.2, -0.15) is 5.26 Å². The molecule has 3 N–H and O–H groups in total. The number of primary amides is 1. The Hall–Kier alpha value is -1.12. The maximum Gasteiger partial charge on any atom is 0.243 e. The van der Waals surface area contributed by atoms with Crippen LogP contribution in [0.2, 0.25) is 0 Å². The van der Waals surface area contributed by atoms with Gasteiger partial charge in [0.25, 0.3) is 0 Å². The maximum absolute atomic E-state index is 10.3. The van der Waals surface area contributed by atoms with Crippen molar-refractivity contribution < 1.29 is 9.53 Å². The van der Waals surface area contributed by atoms with E-state index in [0.29, 0.717) is 19.6 Å². The minimum absolute atomic E-state index is 0.0449. The van der Waals surface area contributed by atoms with Crippen LogP contribution in [0.15, 0.2) is 0 Å². The fraction of sp³-hybridized carbons (Fsp3) is 0.778. The predicted molar refractivity (Wildman–Crippen MR) is 52.3 cm³/mol. The van der Waals surface area contributed by atoms with Crippen LogP contribution in [-0.4, -0.2) is 31.7 Å². The molecule has 14 heavy (non-hydrogen) atoms. The number of nitrogens with two attached hydrogens (primary N) is 1. The van der Waals surface area contributed by atoms with E-state index in [4.69, 9.17) is 15.7 Å². The van der Waals surface area contributed by atoms with Crippen molar-refractivity contribution in [2.45, 2.75) is 25.8 Å². The van der Waals surface area contributed by atoms with E-state index < -0.39 is 5.91 Å². The van der Waals surface area contributed by atoms with Crippen molar-refractivity contribution in [3.8, 4) is 6.07 Å². The molecule has 0 aliphatic heterocycles. The van der Waals surface area contributed by atoms with Crippen LogP contribution >= 0.6 is 0 Å². The van der Waals surface area contributed by atoms with Crippen molar-refractivity contribution in [1.82, 2.24) is 5.32 Å². The molecule has 1 unspecified atom stereocenters. The molecule has 1 amide bonds. The molecular weight excluding hydrogens is 182 g/mol. The molecule has 0 aliphatic rings. The van der Waals surface area contributed by atoms with Crippen LogP contribution < -0.4 is 11.1 Å². The molecule has 0 fully saturated rings. The number of nitrogens with one attached hydrogen (secondary N) is 1. The van der Waals surface area contributed by atoms with Gasteiger partial charge in [0.15, 0.2) is 0 Å². The second kappa shape index (κ2) is 8.48. The van der Waals surface area contributed by atoms with Gasteiger partial charge < -0.3 is 15.8 Å². The largest absolute Gasteiger partial charge is 0.370 e. The van der Waals surface area contributed by atoms with Crippen molar-refractivity contribution in [3.05, 3.63) is 0 Å². The summed E-state index contributed by atoms with van der Waals surface area (Å²) >= 11 is 0. The zero-order chi connectivity index (χ0) is 10.8. The molecule has 80 valence electrons. The minimum atomic E-state index is -0.464. The number of hydrogen-bond donors (Lipinski definition) is 2. The SMILES string of the molecule is CCC(CC#N)NCCOCC(N)=O. The van der Waals surface area contributed by atoms with Crippen LogP contribution in [0.1, 0.15) is 19.8 Å². The average Bonchev–Trinajstić information content (AvgIpc) is 2.15. The first-order chi connectivity index (χ1) is 6.70. The quantitative estimate of drug-likeness (QED) is 0.528. The Kier molecular flexibility index (Phi) is 7.80. The van der Waals surface area contributed by atoms with Crippen molar-refractivity contribution in [1.29, 1.82) is 5.26 Å². The Labute approximate surface area is 84.2 Å². The molecule has 0 aromatic heterocycles. The molecule has 0 saturated heterocycles. The van der Waals surface area contributed by atoms with E-state index in [9.17, 15) is 4.79 Å². The van der Waals surface area contributed by atoms with Crippen molar-refractivity contribution in [2.75, 3.05) is 19.8 Å². The lowest BCUT2D eigenvalue weighted by molar-refractivity contribution is -0.122. The Bertz CT molecular complexity index is 201. The fourth-order valence-corrected chi connectivity index (χ4v) is 0.979. The van der Waals surface area contributed by atoms with Gasteiger partial charge in [-0.1, -0.05) is 6.92 Å². The zero-order valence-corrected chi connectivity index (χ0v) is 8.45. The average molecular weight is 199 g/mol. The molecule has 5 nitrogen and oxygen atoms in total. The highest BCUT2D eigenvalue weighted by Crippen LogP contribution is 1.94. The van der Waals surface area contributed by atoms with E-state index >= 15 is 0 Å². The summed E-state index contributed by atoms with van der Waals surface area (Å²) in [6.07, 6.45) is 1.40. The number of hydrogen-bond acceptors (Lipinski definition) is 4. The highest BCUT2D eigenvalue weighted by Gasteiger charge is 2.03. The first-order valence-corrected chi connectivity index (χ1v) is 4.67. The Morgan fingerprint density at radius 1 is 1.71 bits per heavy atom. The van der Waals surface area contributed by atoms with Gasteiger partial charge in [-0.3, -0.25) is 4.79 Å². The third-order valence-electron chi connectivity index (χ3n) is 1.75. The molecule has 0 aromatic carbocycles. The van der Waals surface area contributed by atoms with Gasteiger partial charge in [-0.15, -0.1) is 0 Å². The number of nitriles is 1. The van der Waals surface area contributed by atoms with E-state index in [2.05, 4.69) is 11.4 Å². The Balaban J connectivity index is 3.33. The van der Waals surface area contributed by atoms with Crippen LogP contribution in [0.4, 0.5) is 0 Å². The van der Waals surface area contributed by atoms with Crippen molar-refractivity contribution in [3.63, 3.8) is 0 Å². The first kappa shape index (κ1) is 12.9. The molecular formula is C9H17N3O2. The van der Waals surface area contributed by atoms with Crippen molar-refractivity contribution in [2.24, 2.45) is 5.73 Å². The lowest BCUT2D eigenvalue weighted by Gasteiger charge is -2.12. The van der Waals surface area contributed by atoms with E-state index in [-0.39, 0.29) is 12.6 Å². The summed E-state index contributed by atoms with van der Waals surface area (Å²) in [5.41, 5.74) is 4.88. The molecule has 0 saturated carbocycles. The summed E-state index contributed by atoms with van der Waals surface area (Å²) in [6.45, 7) is 3.04. The number of nitrogens with zero attached hydrogens (tertiary/aromatic N) is 1. The number of carbonyl (C=O) groups excluding carboxylic acids is 1. The van der Waals surface area contributed by atoms with Gasteiger partial charge in [0.1, 0.15) is 6.61 Å². The molecule has 0 radical (unpaired) electrons. The molecule has 5 heteroatoms. The molecule has 0 heterocycles. The molecule has 0 spiro atoms. The van der Waals surface area contributed by atoms with Crippen LogP contribution in [0.5, 0.6) is 0 Å². The number of amides is 1. The van der Waals surface area contributed by atoms with E-state index in [1.165, 1.54) is 0 Å². The third kappa shape index (κ3) is 7.53. The third-order valence-corrected chi connectivity index (χ3v) is 1.75. The number of ether oxygens (including phenoxy) is 1. The van der Waals surface area contributed by atoms with Crippen LogP contribution in [0, 0.1) is 11.3 Å². The second-order valence-electron chi connectivity index (χ2n) is 2.94. The van der Waals surface area contributed by atoms with Crippen LogP contribution in [-0.2, 0) is 9.53 Å². The number of rotatable bonds is 8. The summed E-state index contributed by atoms with van der Waals surface area (Å²) in [5.74, 6) is -0.464. The van der Waals surface area contributed by atoms with Gasteiger partial charge in [0, 0.05) is 12.6 Å². The van der Waals surface area contributed by atoms with Gasteiger partial charge in [-0.25, -0.2) is 0 Å². The maximum atomic E-state index is 10.3. The summed E-state index contributed by atoms with van der Waals surface area (Å²) in [7, 11) is 0. The van der Waals surface area contributed by atoms with Crippen LogP contribution in [0.25, 0.3) is 0 Å². The lowest BCUT2D eigenvalue weighted by Crippen LogP contribution is -2.32. The topological polar surface area (TPSA) is 88.1 Å². The van der Waals surface area contributed by atoms with Gasteiger partial charge >= 0.3 is 0 Å². The highest BCUT2D eigenvalue weighted by molar-refractivity contribution is 5.74. The standard InChI is InChI=1S/C9H17N3O2/c1-2-8(3-4-10)12-5-6-14-7-9(11)13/h8,12H,2-3,5-7H2,1H3,(H2,11,13). The fourth-order valence-electron chi connectivity index (χ4n) is 0.979. The predicted octanol–water partition coefficient (Wildman–Crippen LogP) is -0.230. The molecule has 0 aliphatic carbocycles. The highest BCUT2D eigenvalue weighted by atomic mass is 16.5. The van der Waals surface area contributed by atoms with E-state index in [1.807, 2.05) is 6.92 Å². The molecule has 0 rings (SSSR count). The summed E-state index contributed by atoms with van der Waals surface area (Å²) in [6, 6.07) is 2.31. The summed E-state index contributed by atoms with van der Waals surface area (Å²) in [4.78, 5) is 10.3. The lowest BCUT2D eigenvalue weighted by atomic mass is 10.2. The van der Waals surface area contributed by atoms with Crippen LogP contribution in [0.3, 0.4) is 0 Å². The Morgan fingerprint density at radius 3 is 2.93 bits per heavy atom. The Morgan fingerprint density at radius 2 is 2.43 bits per heavy atom. The van der Waals surface area contributed by atoms with Gasteiger partial charge in [0.05, 0.1) is 19.1 Å². The molecule has 0 bridgehead atoms. The normalized spacial score (nSPS) is 12.0. The zero-order valence-electron chi connectivity index (χ0n) is 8.45. The monoisotopic (exact) mass is 199 g/mol. The minimum Gasteiger partial charge on any atom is -0.370 e. The van der Waals surface area contributed by atoms with Crippen molar-refractivity contribution >= 4 is 5.91 Å². The second-order valence-corrected chi connectivity index (χ2v) is 2.94. The number of carbonyl (C=O) groups is 1. The first-order valence-electron chi connectivity index (χ1n) is 4.67.